The molecule has 3 aliphatic carbocycles. The summed E-state index contributed by atoms with van der Waals surface area (Å²) in [4.78, 5) is 52.0. The molecule has 4 aliphatic rings. The molecule has 5 rings (SSSR count). The van der Waals surface area contributed by atoms with Gasteiger partial charge in [-0.1, -0.05) is 39.3 Å². The average Bonchev–Trinajstić information content (AvgIpc) is 3.36. The third-order valence-electron chi connectivity index (χ3n) is 10.1. The third kappa shape index (κ3) is 3.62. The van der Waals surface area contributed by atoms with Crippen LogP contribution >= 0.6 is 0 Å². The summed E-state index contributed by atoms with van der Waals surface area (Å²) in [6, 6.07) is 1.83. The van der Waals surface area contributed by atoms with Gasteiger partial charge in [0.25, 0.3) is 0 Å². The predicted molar refractivity (Wildman–Crippen MR) is 131 cm³/mol. The van der Waals surface area contributed by atoms with Crippen molar-refractivity contribution in [3.05, 3.63) is 35.8 Å². The van der Waals surface area contributed by atoms with Gasteiger partial charge in [0.2, 0.25) is 0 Å². The minimum Gasteiger partial charge on any atom is -0.472 e. The molecule has 8 nitrogen and oxygen atoms in total. The van der Waals surface area contributed by atoms with E-state index in [1.807, 2.05) is 32.9 Å². The average molecular weight is 513 g/mol. The Hall–Kier alpha value is -2.90. The van der Waals surface area contributed by atoms with Gasteiger partial charge >= 0.3 is 17.9 Å². The highest BCUT2D eigenvalue weighted by Crippen LogP contribution is 2.68. The lowest BCUT2D eigenvalue weighted by Crippen LogP contribution is -2.66. The number of ketones is 1. The van der Waals surface area contributed by atoms with Gasteiger partial charge in [0.05, 0.1) is 32.0 Å². The second-order valence-corrected chi connectivity index (χ2v) is 12.3. The van der Waals surface area contributed by atoms with Gasteiger partial charge in [0, 0.05) is 35.2 Å². The minimum atomic E-state index is -0.878. The first-order valence-corrected chi connectivity index (χ1v) is 13.1. The third-order valence-corrected chi connectivity index (χ3v) is 10.1. The van der Waals surface area contributed by atoms with Crippen LogP contribution < -0.4 is 0 Å². The monoisotopic (exact) mass is 512 g/mol. The molecule has 0 N–H and O–H groups in total. The number of allylic oxidation sites excluding steroid dienone is 1. The number of esters is 3. The van der Waals surface area contributed by atoms with E-state index in [2.05, 4.69) is 6.92 Å². The zero-order valence-corrected chi connectivity index (χ0v) is 22.4. The number of Topliss-reactive ketones (excluding diaryl/α,β-unsaturated/α-hetero) is 1. The molecule has 37 heavy (non-hydrogen) atoms. The van der Waals surface area contributed by atoms with E-state index in [0.717, 1.165) is 17.6 Å². The molecule has 200 valence electrons. The van der Waals surface area contributed by atoms with Gasteiger partial charge in [-0.2, -0.15) is 0 Å². The Morgan fingerprint density at radius 3 is 2.49 bits per heavy atom. The van der Waals surface area contributed by atoms with E-state index >= 15 is 0 Å². The maximum absolute atomic E-state index is 14.2. The smallest absolute Gasteiger partial charge is 0.307 e. The van der Waals surface area contributed by atoms with Gasteiger partial charge in [-0.25, -0.2) is 0 Å². The molecular weight excluding hydrogens is 476 g/mol. The Bertz CT molecular complexity index is 1160. The number of methoxy groups -OCH3 is 1. The minimum absolute atomic E-state index is 0.00546. The number of furan rings is 1. The second-order valence-electron chi connectivity index (χ2n) is 12.3. The van der Waals surface area contributed by atoms with Crippen molar-refractivity contribution < 1.29 is 37.8 Å². The van der Waals surface area contributed by atoms with Gasteiger partial charge in [-0.05, 0) is 36.7 Å². The Balaban J connectivity index is 1.66. The molecule has 0 unspecified atom stereocenters. The van der Waals surface area contributed by atoms with Crippen molar-refractivity contribution in [2.45, 2.75) is 72.5 Å². The molecule has 1 aromatic rings. The fraction of sp³-hybridized carbons (Fsp3) is 0.655. The van der Waals surface area contributed by atoms with Crippen molar-refractivity contribution in [1.82, 2.24) is 0 Å². The van der Waals surface area contributed by atoms with E-state index in [9.17, 15) is 19.2 Å². The van der Waals surface area contributed by atoms with Crippen LogP contribution in [0.5, 0.6) is 0 Å². The normalized spacial score (nSPS) is 40.0. The van der Waals surface area contributed by atoms with Crippen molar-refractivity contribution >= 4 is 23.7 Å². The zero-order chi connectivity index (χ0) is 26.9. The van der Waals surface area contributed by atoms with E-state index in [-0.39, 0.29) is 36.4 Å². The van der Waals surface area contributed by atoms with Crippen LogP contribution in [0.1, 0.15) is 72.0 Å². The first kappa shape index (κ1) is 25.7. The van der Waals surface area contributed by atoms with Crippen molar-refractivity contribution in [2.75, 3.05) is 7.11 Å². The summed E-state index contributed by atoms with van der Waals surface area (Å²) in [6.07, 6.45) is 5.72. The second kappa shape index (κ2) is 8.57. The summed E-state index contributed by atoms with van der Waals surface area (Å²) in [5, 5.41) is 0. The van der Waals surface area contributed by atoms with Crippen LogP contribution in [0.25, 0.3) is 0 Å². The summed E-state index contributed by atoms with van der Waals surface area (Å²) in [6.45, 7) is 9.41. The maximum Gasteiger partial charge on any atom is 0.307 e. The zero-order valence-electron chi connectivity index (χ0n) is 22.4. The van der Waals surface area contributed by atoms with Gasteiger partial charge in [-0.15, -0.1) is 0 Å². The van der Waals surface area contributed by atoms with Crippen LogP contribution in [0.3, 0.4) is 0 Å². The van der Waals surface area contributed by atoms with Crippen molar-refractivity contribution in [3.8, 4) is 0 Å². The lowest BCUT2D eigenvalue weighted by molar-refractivity contribution is -0.196. The van der Waals surface area contributed by atoms with Crippen LogP contribution in [0.4, 0.5) is 0 Å². The largest absolute Gasteiger partial charge is 0.472 e. The Labute approximate surface area is 217 Å². The molecule has 2 heterocycles. The van der Waals surface area contributed by atoms with Gasteiger partial charge in [-0.3, -0.25) is 19.2 Å². The number of rotatable bonds is 4. The quantitative estimate of drug-likeness (QED) is 0.328. The number of carbonyl (C=O) groups excluding carboxylic acids is 4. The SMILES string of the molecule is COC(=O)C[C@H]1C(C)(C)[C@H](OC(C)=O)[C@H]2C=C3[C@@H]4CC(=O)O[C@@H](c5ccoc5)[C@]4(C)CC[C@@H]3[C@@]1(C)C2=O. The lowest BCUT2D eigenvalue weighted by Gasteiger charge is -2.63. The number of hydrogen-bond acceptors (Lipinski definition) is 8. The number of cyclic esters (lactones) is 1. The molecular formula is C29H36O8. The molecule has 8 heteroatoms. The van der Waals surface area contributed by atoms with Gasteiger partial charge < -0.3 is 18.6 Å². The first-order valence-electron chi connectivity index (χ1n) is 13.1. The molecule has 0 radical (unpaired) electrons. The molecule has 3 fully saturated rings. The highest BCUT2D eigenvalue weighted by Gasteiger charge is 2.68. The standard InChI is InChI=1S/C29H36O8/c1-15(30)36-26-18-11-17-19(29(5,24(18)33)21(27(26,2)3)13-22(31)34-6)7-9-28(4)20(17)12-23(32)37-25(28)16-8-10-35-14-16/h8,10-11,14,18-21,25-26H,7,9,12-13H2,1-6H3/t18-,19-,20-,21-,25-,26+,28+,29+/m0/s1. The maximum atomic E-state index is 14.2. The molecule has 1 saturated heterocycles. The predicted octanol–water partition coefficient (Wildman–Crippen LogP) is 4.58. The van der Waals surface area contributed by atoms with Gasteiger partial charge in [0.15, 0.2) is 0 Å². The summed E-state index contributed by atoms with van der Waals surface area (Å²) in [5.41, 5.74) is -0.0680. The molecule has 2 saturated carbocycles. The van der Waals surface area contributed by atoms with Crippen LogP contribution in [0.15, 0.2) is 34.7 Å². The molecule has 0 amide bonds. The Morgan fingerprint density at radius 2 is 1.86 bits per heavy atom. The van der Waals surface area contributed by atoms with Crippen LogP contribution in [0, 0.1) is 39.9 Å². The fourth-order valence-corrected chi connectivity index (χ4v) is 8.33. The lowest BCUT2D eigenvalue weighted by atomic mass is 9.40. The number of ether oxygens (including phenoxy) is 3. The van der Waals surface area contributed by atoms with Crippen LogP contribution in [0.2, 0.25) is 0 Å². The van der Waals surface area contributed by atoms with E-state index in [0.29, 0.717) is 6.42 Å². The van der Waals surface area contributed by atoms with Crippen molar-refractivity contribution in [2.24, 2.45) is 39.9 Å². The highest BCUT2D eigenvalue weighted by atomic mass is 16.6. The summed E-state index contributed by atoms with van der Waals surface area (Å²) >= 11 is 0. The van der Waals surface area contributed by atoms with E-state index < -0.39 is 52.2 Å². The van der Waals surface area contributed by atoms with Crippen molar-refractivity contribution in [3.63, 3.8) is 0 Å². The van der Waals surface area contributed by atoms with E-state index in [4.69, 9.17) is 18.6 Å². The van der Waals surface area contributed by atoms with Crippen LogP contribution in [-0.2, 0) is 33.4 Å². The van der Waals surface area contributed by atoms with Crippen molar-refractivity contribution in [1.29, 1.82) is 0 Å². The molecule has 0 aromatic carbocycles. The Morgan fingerprint density at radius 1 is 1.14 bits per heavy atom. The number of carbonyl (C=O) groups is 4. The molecule has 0 spiro atoms. The number of fused-ring (bicyclic) bond motifs is 6. The highest BCUT2D eigenvalue weighted by molar-refractivity contribution is 5.93. The molecule has 8 atom stereocenters. The Kier molecular flexibility index (Phi) is 5.96. The number of hydrogen-bond donors (Lipinski definition) is 0. The molecule has 1 aromatic heterocycles. The van der Waals surface area contributed by atoms with Crippen LogP contribution in [-0.4, -0.2) is 36.9 Å². The summed E-state index contributed by atoms with van der Waals surface area (Å²) in [7, 11) is 1.34. The molecule has 2 bridgehead atoms. The van der Waals surface area contributed by atoms with Gasteiger partial charge in [0.1, 0.15) is 18.0 Å². The summed E-state index contributed by atoms with van der Waals surface area (Å²) < 4.78 is 22.1. The molecule has 1 aliphatic heterocycles. The summed E-state index contributed by atoms with van der Waals surface area (Å²) in [5.74, 6) is -2.53. The topological polar surface area (TPSA) is 109 Å². The first-order chi connectivity index (χ1) is 17.4. The van der Waals surface area contributed by atoms with E-state index in [1.54, 1.807) is 12.5 Å². The van der Waals surface area contributed by atoms with E-state index in [1.165, 1.54) is 14.0 Å². The fourth-order valence-electron chi connectivity index (χ4n) is 8.33.